The van der Waals surface area contributed by atoms with Crippen molar-refractivity contribution in [2.24, 2.45) is 0 Å². The fourth-order valence-corrected chi connectivity index (χ4v) is 3.10. The van der Waals surface area contributed by atoms with Crippen molar-refractivity contribution in [1.29, 1.82) is 0 Å². The van der Waals surface area contributed by atoms with Crippen molar-refractivity contribution >= 4 is 35.8 Å². The van der Waals surface area contributed by atoms with Crippen LogP contribution in [0.5, 0.6) is 0 Å². The Kier molecular flexibility index (Phi) is 10.5. The van der Waals surface area contributed by atoms with Gasteiger partial charge < -0.3 is 30.6 Å². The quantitative estimate of drug-likeness (QED) is 0.159. The molecule has 1 aromatic rings. The molecular formula is C19H23N3O12. The van der Waals surface area contributed by atoms with Gasteiger partial charge in [-0.05, 0) is 12.1 Å². The van der Waals surface area contributed by atoms with E-state index in [4.69, 9.17) is 20.4 Å². The molecule has 1 heterocycles. The lowest BCUT2D eigenvalue weighted by Gasteiger charge is -2.27. The first-order valence-electron chi connectivity index (χ1n) is 9.55. The highest BCUT2D eigenvalue weighted by atomic mass is 16.4. The SMILES string of the molecule is O=C(O)CC(C(=O)O)N(CC(=O)O)Cc1cccc(CN(CC(=O)O)C(CC(=O)O)C(=O)O)n1. The summed E-state index contributed by atoms with van der Waals surface area (Å²) in [4.78, 5) is 73.3. The summed E-state index contributed by atoms with van der Waals surface area (Å²) in [5.41, 5.74) is 0.187. The zero-order valence-corrected chi connectivity index (χ0v) is 17.6. The maximum absolute atomic E-state index is 11.5. The van der Waals surface area contributed by atoms with Crippen LogP contribution >= 0.6 is 0 Å². The number of carboxylic acids is 6. The third-order valence-electron chi connectivity index (χ3n) is 4.46. The summed E-state index contributed by atoms with van der Waals surface area (Å²) in [7, 11) is 0. The predicted molar refractivity (Wildman–Crippen MR) is 108 cm³/mol. The highest BCUT2D eigenvalue weighted by Gasteiger charge is 2.31. The van der Waals surface area contributed by atoms with Gasteiger partial charge in [-0.1, -0.05) is 6.07 Å². The van der Waals surface area contributed by atoms with Crippen LogP contribution in [0.1, 0.15) is 24.2 Å². The summed E-state index contributed by atoms with van der Waals surface area (Å²) in [5.74, 6) is -8.90. The minimum Gasteiger partial charge on any atom is -0.481 e. The van der Waals surface area contributed by atoms with Crippen LogP contribution in [0.4, 0.5) is 0 Å². The number of aromatic nitrogens is 1. The lowest BCUT2D eigenvalue weighted by molar-refractivity contribution is -0.152. The Balaban J connectivity index is 3.23. The van der Waals surface area contributed by atoms with Gasteiger partial charge in [0.2, 0.25) is 0 Å². The maximum atomic E-state index is 11.5. The maximum Gasteiger partial charge on any atom is 0.321 e. The molecular weight excluding hydrogens is 462 g/mol. The number of hydrogen-bond donors (Lipinski definition) is 6. The fourth-order valence-electron chi connectivity index (χ4n) is 3.10. The van der Waals surface area contributed by atoms with Crippen molar-refractivity contribution in [3.05, 3.63) is 29.6 Å². The summed E-state index contributed by atoms with van der Waals surface area (Å²) in [5, 5.41) is 54.8. The zero-order chi connectivity index (χ0) is 26.0. The molecule has 0 bridgehead atoms. The van der Waals surface area contributed by atoms with Crippen LogP contribution in [-0.4, -0.2) is 106 Å². The highest BCUT2D eigenvalue weighted by Crippen LogP contribution is 2.14. The second kappa shape index (κ2) is 12.8. The Morgan fingerprint density at radius 1 is 0.647 bits per heavy atom. The van der Waals surface area contributed by atoms with E-state index in [0.717, 1.165) is 9.80 Å². The monoisotopic (exact) mass is 485 g/mol. The number of aliphatic carboxylic acids is 6. The van der Waals surface area contributed by atoms with Gasteiger partial charge >= 0.3 is 35.8 Å². The van der Waals surface area contributed by atoms with Crippen LogP contribution < -0.4 is 0 Å². The third kappa shape index (κ3) is 9.58. The van der Waals surface area contributed by atoms with Gasteiger partial charge in [0.05, 0.1) is 37.3 Å². The number of pyridine rings is 1. The summed E-state index contributed by atoms with van der Waals surface area (Å²) < 4.78 is 0. The van der Waals surface area contributed by atoms with Gasteiger partial charge in [0.25, 0.3) is 0 Å². The average molecular weight is 485 g/mol. The smallest absolute Gasteiger partial charge is 0.321 e. The van der Waals surface area contributed by atoms with Gasteiger partial charge in [0.1, 0.15) is 12.1 Å². The number of carbonyl (C=O) groups is 6. The Hall–Kier alpha value is -4.11. The zero-order valence-electron chi connectivity index (χ0n) is 17.6. The van der Waals surface area contributed by atoms with Crippen LogP contribution in [0.2, 0.25) is 0 Å². The van der Waals surface area contributed by atoms with Crippen LogP contribution in [0, 0.1) is 0 Å². The summed E-state index contributed by atoms with van der Waals surface area (Å²) >= 11 is 0. The van der Waals surface area contributed by atoms with Gasteiger partial charge in [-0.3, -0.25) is 43.6 Å². The van der Waals surface area contributed by atoms with E-state index in [0.29, 0.717) is 0 Å². The van der Waals surface area contributed by atoms with Crippen molar-refractivity contribution in [2.75, 3.05) is 13.1 Å². The van der Waals surface area contributed by atoms with Crippen molar-refractivity contribution in [3.8, 4) is 0 Å². The number of hydrogen-bond acceptors (Lipinski definition) is 9. The first kappa shape index (κ1) is 27.9. The average Bonchev–Trinajstić information content (AvgIpc) is 2.68. The lowest BCUT2D eigenvalue weighted by atomic mass is 10.1. The van der Waals surface area contributed by atoms with E-state index in [1.165, 1.54) is 18.2 Å². The summed E-state index contributed by atoms with van der Waals surface area (Å²) in [6.07, 6.45) is -1.77. The molecule has 0 fully saturated rings. The first-order chi connectivity index (χ1) is 15.8. The van der Waals surface area contributed by atoms with Gasteiger partial charge in [-0.15, -0.1) is 0 Å². The Morgan fingerprint density at radius 3 is 1.26 bits per heavy atom. The summed E-state index contributed by atoms with van der Waals surface area (Å²) in [6.45, 7) is -2.44. The van der Waals surface area contributed by atoms with Gasteiger partial charge in [0.15, 0.2) is 0 Å². The molecule has 34 heavy (non-hydrogen) atoms. The van der Waals surface area contributed by atoms with Gasteiger partial charge in [0, 0.05) is 13.1 Å². The molecule has 0 spiro atoms. The van der Waals surface area contributed by atoms with E-state index in [1.807, 2.05) is 0 Å². The second-order valence-corrected chi connectivity index (χ2v) is 7.12. The second-order valence-electron chi connectivity index (χ2n) is 7.12. The molecule has 0 aliphatic heterocycles. The molecule has 0 radical (unpaired) electrons. The van der Waals surface area contributed by atoms with E-state index in [-0.39, 0.29) is 11.4 Å². The Bertz CT molecular complexity index is 879. The number of nitrogens with zero attached hydrogens (tertiary/aromatic N) is 3. The minimum absolute atomic E-state index is 0.0933. The molecule has 0 saturated carbocycles. The summed E-state index contributed by atoms with van der Waals surface area (Å²) in [6, 6.07) is 0.802. The van der Waals surface area contributed by atoms with Crippen LogP contribution in [0.3, 0.4) is 0 Å². The molecule has 15 heteroatoms. The van der Waals surface area contributed by atoms with E-state index in [9.17, 15) is 39.0 Å². The largest absolute Gasteiger partial charge is 0.481 e. The number of rotatable bonds is 16. The Morgan fingerprint density at radius 2 is 1.00 bits per heavy atom. The van der Waals surface area contributed by atoms with Crippen molar-refractivity contribution < 1.29 is 59.4 Å². The molecule has 2 atom stereocenters. The lowest BCUT2D eigenvalue weighted by Crippen LogP contribution is -2.45. The van der Waals surface area contributed by atoms with E-state index in [2.05, 4.69) is 4.98 Å². The van der Waals surface area contributed by atoms with Gasteiger partial charge in [-0.25, -0.2) is 0 Å². The molecule has 0 amide bonds. The topological polar surface area (TPSA) is 243 Å². The molecule has 0 aliphatic carbocycles. The standard InChI is InChI=1S/C19H23N3O12/c23-14(24)4-12(18(31)32)21(8-16(27)28)6-10-2-1-3-11(20-10)7-22(9-17(29)30)13(19(33)34)5-15(25)26/h1-3,12-13H,4-9H2,(H,23,24)(H,25,26)(H,27,28)(H,29,30)(H,31,32)(H,33,34). The predicted octanol–water partition coefficient (Wildman–Crippen LogP) is -1.29. The van der Waals surface area contributed by atoms with Crippen molar-refractivity contribution in [2.45, 2.75) is 38.0 Å². The van der Waals surface area contributed by atoms with E-state index >= 15 is 0 Å². The molecule has 2 unspecified atom stereocenters. The van der Waals surface area contributed by atoms with Crippen LogP contribution in [0.25, 0.3) is 0 Å². The fraction of sp³-hybridized carbons (Fsp3) is 0.421. The molecule has 6 N–H and O–H groups in total. The molecule has 0 aliphatic rings. The van der Waals surface area contributed by atoms with Crippen molar-refractivity contribution in [1.82, 2.24) is 14.8 Å². The Labute approximate surface area is 191 Å². The number of carboxylic acid groups (broad SMARTS) is 6. The van der Waals surface area contributed by atoms with Crippen LogP contribution in [-0.2, 0) is 41.9 Å². The minimum atomic E-state index is -1.69. The van der Waals surface area contributed by atoms with Crippen LogP contribution in [0.15, 0.2) is 18.2 Å². The van der Waals surface area contributed by atoms with Crippen molar-refractivity contribution in [3.63, 3.8) is 0 Å². The normalized spacial score (nSPS) is 12.8. The van der Waals surface area contributed by atoms with Gasteiger partial charge in [-0.2, -0.15) is 0 Å². The molecule has 0 aromatic carbocycles. The third-order valence-corrected chi connectivity index (χ3v) is 4.46. The first-order valence-corrected chi connectivity index (χ1v) is 9.55. The molecule has 1 aromatic heterocycles. The molecule has 15 nitrogen and oxygen atoms in total. The highest BCUT2D eigenvalue weighted by molar-refractivity contribution is 5.82. The van der Waals surface area contributed by atoms with E-state index in [1.54, 1.807) is 0 Å². The molecule has 186 valence electrons. The van der Waals surface area contributed by atoms with E-state index < -0.39 is 86.9 Å². The molecule has 1 rings (SSSR count). The molecule has 0 saturated heterocycles.